The molecular formula is C18H23N3O2S. The number of nitrogens with zero attached hydrogens (tertiary/aromatic N) is 3. The summed E-state index contributed by atoms with van der Waals surface area (Å²) in [7, 11) is 0. The summed E-state index contributed by atoms with van der Waals surface area (Å²) in [4.78, 5) is 25.6. The third kappa shape index (κ3) is 3.69. The summed E-state index contributed by atoms with van der Waals surface area (Å²) in [5.41, 5.74) is 2.41. The Bertz CT molecular complexity index is 775. The topological polar surface area (TPSA) is 68.9 Å². The highest BCUT2D eigenvalue weighted by molar-refractivity contribution is 7.98. The van der Waals surface area contributed by atoms with E-state index in [4.69, 9.17) is 4.42 Å². The van der Waals surface area contributed by atoms with Gasteiger partial charge >= 0.3 is 0 Å². The first-order chi connectivity index (χ1) is 11.1. The van der Waals surface area contributed by atoms with E-state index in [1.807, 2.05) is 0 Å². The number of ketones is 1. The minimum atomic E-state index is -0.0372. The zero-order valence-corrected chi connectivity index (χ0v) is 15.7. The van der Waals surface area contributed by atoms with Crippen LogP contribution in [0.2, 0.25) is 0 Å². The molecule has 0 unspecified atom stereocenters. The van der Waals surface area contributed by atoms with Crippen LogP contribution in [0.25, 0.3) is 0 Å². The zero-order valence-electron chi connectivity index (χ0n) is 14.8. The molecule has 5 nitrogen and oxygen atoms in total. The number of rotatable bonds is 3. The van der Waals surface area contributed by atoms with Crippen LogP contribution in [0.4, 0.5) is 0 Å². The first-order valence-corrected chi connectivity index (χ1v) is 9.09. The van der Waals surface area contributed by atoms with Gasteiger partial charge in [-0.25, -0.2) is 15.0 Å². The number of fused-ring (bicyclic) bond motifs is 1. The molecule has 0 N–H and O–H groups in total. The highest BCUT2D eigenvalue weighted by Crippen LogP contribution is 2.34. The zero-order chi connectivity index (χ0) is 17.5. The maximum absolute atomic E-state index is 12.2. The predicted molar refractivity (Wildman–Crippen MR) is 93.2 cm³/mol. The van der Waals surface area contributed by atoms with Crippen molar-refractivity contribution in [1.82, 2.24) is 15.0 Å². The monoisotopic (exact) mass is 345 g/mol. The first-order valence-electron chi connectivity index (χ1n) is 8.11. The number of oxazole rings is 1. The van der Waals surface area contributed by atoms with Crippen LogP contribution in [-0.2, 0) is 17.6 Å². The van der Waals surface area contributed by atoms with Gasteiger partial charge in [-0.2, -0.15) is 0 Å². The Labute approximate surface area is 146 Å². The molecule has 0 amide bonds. The van der Waals surface area contributed by atoms with Crippen molar-refractivity contribution < 1.29 is 9.21 Å². The lowest BCUT2D eigenvalue weighted by Crippen LogP contribution is -2.28. The second-order valence-corrected chi connectivity index (χ2v) is 9.06. The van der Waals surface area contributed by atoms with Crippen molar-refractivity contribution >= 4 is 17.5 Å². The summed E-state index contributed by atoms with van der Waals surface area (Å²) in [6, 6.07) is 0. The highest BCUT2D eigenvalue weighted by atomic mass is 32.2. The number of hydrogen-bond donors (Lipinski definition) is 0. The standard InChI is InChI=1S/C18H23N3O2S/c1-17(2,3)14-9-23-15(21-14)10-24-16-19-8-11-12(20-16)6-18(4,5)7-13(11)22/h8-9H,6-7,10H2,1-5H3. The summed E-state index contributed by atoms with van der Waals surface area (Å²) >= 11 is 1.48. The normalized spacial score (nSPS) is 17.0. The van der Waals surface area contributed by atoms with Crippen LogP contribution in [0.5, 0.6) is 0 Å². The Morgan fingerprint density at radius 3 is 2.67 bits per heavy atom. The van der Waals surface area contributed by atoms with Crippen molar-refractivity contribution in [2.75, 3.05) is 0 Å². The molecule has 0 spiro atoms. The fourth-order valence-electron chi connectivity index (χ4n) is 2.73. The molecule has 3 rings (SSSR count). The molecule has 0 fully saturated rings. The molecule has 1 aliphatic carbocycles. The Morgan fingerprint density at radius 2 is 2.00 bits per heavy atom. The van der Waals surface area contributed by atoms with Gasteiger partial charge < -0.3 is 4.42 Å². The van der Waals surface area contributed by atoms with Gasteiger partial charge in [0.15, 0.2) is 10.9 Å². The van der Waals surface area contributed by atoms with E-state index in [2.05, 4.69) is 49.6 Å². The number of carbonyl (C=O) groups is 1. The SMILES string of the molecule is CC1(C)CC(=O)c2cnc(SCc3nc(C(C)(C)C)co3)nc2C1. The van der Waals surface area contributed by atoms with Crippen molar-refractivity contribution in [3.63, 3.8) is 0 Å². The van der Waals surface area contributed by atoms with E-state index in [1.54, 1.807) is 12.5 Å². The van der Waals surface area contributed by atoms with Gasteiger partial charge in [-0.3, -0.25) is 4.79 Å². The minimum absolute atomic E-state index is 0.0271. The number of thioether (sulfide) groups is 1. The molecule has 2 aromatic heterocycles. The average Bonchev–Trinajstić information content (AvgIpc) is 2.92. The lowest BCUT2D eigenvalue weighted by atomic mass is 9.76. The van der Waals surface area contributed by atoms with Gasteiger partial charge in [0.1, 0.15) is 6.26 Å². The quantitative estimate of drug-likeness (QED) is 0.613. The van der Waals surface area contributed by atoms with Crippen LogP contribution in [0, 0.1) is 5.41 Å². The van der Waals surface area contributed by atoms with Crippen molar-refractivity contribution in [2.24, 2.45) is 5.41 Å². The molecule has 2 aromatic rings. The number of aromatic nitrogens is 3. The molecule has 0 saturated heterocycles. The van der Waals surface area contributed by atoms with Crippen molar-refractivity contribution in [2.45, 2.75) is 63.8 Å². The largest absolute Gasteiger partial charge is 0.448 e. The third-order valence-corrected chi connectivity index (χ3v) is 4.92. The predicted octanol–water partition coefficient (Wildman–Crippen LogP) is 4.21. The summed E-state index contributed by atoms with van der Waals surface area (Å²) in [5.74, 6) is 1.38. The molecule has 0 aliphatic heterocycles. The molecule has 6 heteroatoms. The highest BCUT2D eigenvalue weighted by Gasteiger charge is 2.32. The van der Waals surface area contributed by atoms with Gasteiger partial charge in [0.2, 0.25) is 5.89 Å². The van der Waals surface area contributed by atoms with Gasteiger partial charge in [-0.05, 0) is 11.8 Å². The maximum atomic E-state index is 12.2. The Balaban J connectivity index is 1.73. The molecule has 0 radical (unpaired) electrons. The molecule has 0 aromatic carbocycles. The van der Waals surface area contributed by atoms with Crippen LogP contribution >= 0.6 is 11.8 Å². The molecular weight excluding hydrogens is 322 g/mol. The number of hydrogen-bond acceptors (Lipinski definition) is 6. The Kier molecular flexibility index (Phi) is 4.28. The second-order valence-electron chi connectivity index (χ2n) is 8.12. The van der Waals surface area contributed by atoms with E-state index in [-0.39, 0.29) is 16.6 Å². The summed E-state index contributed by atoms with van der Waals surface area (Å²) in [5, 5.41) is 0.662. The van der Waals surface area contributed by atoms with E-state index in [0.717, 1.165) is 17.8 Å². The summed E-state index contributed by atoms with van der Waals surface area (Å²) in [6.07, 6.45) is 4.74. The molecule has 2 heterocycles. The number of carbonyl (C=O) groups excluding carboxylic acids is 1. The van der Waals surface area contributed by atoms with E-state index in [0.29, 0.717) is 28.8 Å². The molecule has 24 heavy (non-hydrogen) atoms. The maximum Gasteiger partial charge on any atom is 0.204 e. The summed E-state index contributed by atoms with van der Waals surface area (Å²) < 4.78 is 5.53. The van der Waals surface area contributed by atoms with Crippen LogP contribution in [0.3, 0.4) is 0 Å². The fourth-order valence-corrected chi connectivity index (χ4v) is 3.42. The van der Waals surface area contributed by atoms with Crippen molar-refractivity contribution in [3.8, 4) is 0 Å². The molecule has 0 saturated carbocycles. The Hall–Kier alpha value is -1.69. The lowest BCUT2D eigenvalue weighted by Gasteiger charge is -2.29. The van der Waals surface area contributed by atoms with E-state index < -0.39 is 0 Å². The fraction of sp³-hybridized carbons (Fsp3) is 0.556. The van der Waals surface area contributed by atoms with Crippen LogP contribution in [0.1, 0.15) is 68.7 Å². The van der Waals surface area contributed by atoms with Gasteiger partial charge in [0.25, 0.3) is 0 Å². The van der Waals surface area contributed by atoms with Gasteiger partial charge in [0.05, 0.1) is 22.7 Å². The average molecular weight is 345 g/mol. The number of Topliss-reactive ketones (excluding diaryl/α,β-unsaturated/α-hetero) is 1. The molecule has 0 bridgehead atoms. The van der Waals surface area contributed by atoms with Crippen LogP contribution in [0.15, 0.2) is 22.0 Å². The lowest BCUT2D eigenvalue weighted by molar-refractivity contribution is 0.0909. The Morgan fingerprint density at radius 1 is 1.25 bits per heavy atom. The van der Waals surface area contributed by atoms with Crippen molar-refractivity contribution in [1.29, 1.82) is 0 Å². The van der Waals surface area contributed by atoms with E-state index >= 15 is 0 Å². The van der Waals surface area contributed by atoms with Crippen molar-refractivity contribution in [3.05, 3.63) is 35.3 Å². The third-order valence-electron chi connectivity index (χ3n) is 4.08. The second kappa shape index (κ2) is 5.99. The van der Waals surface area contributed by atoms with Gasteiger partial charge in [-0.15, -0.1) is 0 Å². The van der Waals surface area contributed by atoms with E-state index in [9.17, 15) is 4.79 Å². The smallest absolute Gasteiger partial charge is 0.204 e. The molecule has 0 atom stereocenters. The van der Waals surface area contributed by atoms with E-state index in [1.165, 1.54) is 11.8 Å². The minimum Gasteiger partial charge on any atom is -0.448 e. The van der Waals surface area contributed by atoms with Gasteiger partial charge in [-0.1, -0.05) is 46.4 Å². The van der Waals surface area contributed by atoms with Gasteiger partial charge in [0, 0.05) is 18.0 Å². The van der Waals surface area contributed by atoms with Crippen LogP contribution in [-0.4, -0.2) is 20.7 Å². The summed E-state index contributed by atoms with van der Waals surface area (Å²) in [6.45, 7) is 10.5. The molecule has 128 valence electrons. The first kappa shape index (κ1) is 17.1. The molecule has 1 aliphatic rings. The van der Waals surface area contributed by atoms with Crippen LogP contribution < -0.4 is 0 Å².